The number of amides is 1. The average Bonchev–Trinajstić information content (AvgIpc) is 2.68. The highest BCUT2D eigenvalue weighted by Gasteiger charge is 2.35. The SMILES string of the molecule is CC1(C)CCCC1NC(=O)c1ccc([N+](=O)[O-])c(O)c1. The van der Waals surface area contributed by atoms with Crippen molar-refractivity contribution < 1.29 is 14.8 Å². The quantitative estimate of drug-likeness (QED) is 0.656. The molecular weight excluding hydrogens is 260 g/mol. The summed E-state index contributed by atoms with van der Waals surface area (Å²) in [6.45, 7) is 4.22. The van der Waals surface area contributed by atoms with Gasteiger partial charge in [-0.25, -0.2) is 0 Å². The number of nitro benzene ring substituents is 1. The Morgan fingerprint density at radius 1 is 1.50 bits per heavy atom. The number of nitro groups is 1. The lowest BCUT2D eigenvalue weighted by molar-refractivity contribution is -0.385. The molecule has 1 aliphatic carbocycles. The van der Waals surface area contributed by atoms with E-state index in [4.69, 9.17) is 0 Å². The first-order chi connectivity index (χ1) is 9.31. The van der Waals surface area contributed by atoms with Gasteiger partial charge in [0.25, 0.3) is 5.91 Å². The van der Waals surface area contributed by atoms with Crippen LogP contribution in [-0.4, -0.2) is 22.0 Å². The molecule has 1 aromatic rings. The van der Waals surface area contributed by atoms with Gasteiger partial charge in [-0.1, -0.05) is 20.3 Å². The Morgan fingerprint density at radius 2 is 2.20 bits per heavy atom. The highest BCUT2D eigenvalue weighted by molar-refractivity contribution is 5.95. The van der Waals surface area contributed by atoms with Crippen molar-refractivity contribution in [2.75, 3.05) is 0 Å². The monoisotopic (exact) mass is 278 g/mol. The fraction of sp³-hybridized carbons (Fsp3) is 0.500. The Bertz CT molecular complexity index is 554. The van der Waals surface area contributed by atoms with Crippen LogP contribution in [0.25, 0.3) is 0 Å². The predicted molar refractivity (Wildman–Crippen MR) is 73.6 cm³/mol. The molecule has 1 saturated carbocycles. The minimum atomic E-state index is -0.683. The van der Waals surface area contributed by atoms with Gasteiger partial charge in [-0.3, -0.25) is 14.9 Å². The number of benzene rings is 1. The minimum absolute atomic E-state index is 0.0540. The highest BCUT2D eigenvalue weighted by atomic mass is 16.6. The minimum Gasteiger partial charge on any atom is -0.502 e. The lowest BCUT2D eigenvalue weighted by Crippen LogP contribution is -2.41. The van der Waals surface area contributed by atoms with E-state index in [0.29, 0.717) is 0 Å². The van der Waals surface area contributed by atoms with Crippen LogP contribution >= 0.6 is 0 Å². The zero-order chi connectivity index (χ0) is 14.9. The zero-order valence-corrected chi connectivity index (χ0v) is 11.5. The van der Waals surface area contributed by atoms with E-state index in [9.17, 15) is 20.0 Å². The number of hydrogen-bond acceptors (Lipinski definition) is 4. The second kappa shape index (κ2) is 5.11. The third-order valence-electron chi connectivity index (χ3n) is 4.00. The van der Waals surface area contributed by atoms with Crippen LogP contribution in [0, 0.1) is 15.5 Å². The van der Waals surface area contributed by atoms with E-state index in [-0.39, 0.29) is 22.9 Å². The molecule has 2 rings (SSSR count). The Kier molecular flexibility index (Phi) is 3.65. The fourth-order valence-corrected chi connectivity index (χ4v) is 2.65. The van der Waals surface area contributed by atoms with Crippen LogP contribution in [0.1, 0.15) is 43.5 Å². The van der Waals surface area contributed by atoms with Crippen molar-refractivity contribution in [3.8, 4) is 5.75 Å². The molecule has 0 heterocycles. The van der Waals surface area contributed by atoms with Crippen LogP contribution in [-0.2, 0) is 0 Å². The summed E-state index contributed by atoms with van der Waals surface area (Å²) in [7, 11) is 0. The first-order valence-electron chi connectivity index (χ1n) is 6.59. The first kappa shape index (κ1) is 14.3. The van der Waals surface area contributed by atoms with Gasteiger partial charge in [0.05, 0.1) is 4.92 Å². The summed E-state index contributed by atoms with van der Waals surface area (Å²) in [4.78, 5) is 22.1. The lowest BCUT2D eigenvalue weighted by atomic mass is 9.87. The molecule has 0 aliphatic heterocycles. The van der Waals surface area contributed by atoms with Crippen molar-refractivity contribution in [3.05, 3.63) is 33.9 Å². The molecule has 6 heteroatoms. The van der Waals surface area contributed by atoms with Crippen molar-refractivity contribution in [1.29, 1.82) is 0 Å². The number of carbonyl (C=O) groups excluding carboxylic acids is 1. The van der Waals surface area contributed by atoms with Crippen molar-refractivity contribution in [3.63, 3.8) is 0 Å². The smallest absolute Gasteiger partial charge is 0.310 e. The van der Waals surface area contributed by atoms with Crippen LogP contribution in [0.4, 0.5) is 5.69 Å². The Labute approximate surface area is 117 Å². The zero-order valence-electron chi connectivity index (χ0n) is 11.5. The summed E-state index contributed by atoms with van der Waals surface area (Å²) >= 11 is 0. The van der Waals surface area contributed by atoms with Crippen LogP contribution < -0.4 is 5.32 Å². The lowest BCUT2D eigenvalue weighted by Gasteiger charge is -2.27. The van der Waals surface area contributed by atoms with E-state index in [1.165, 1.54) is 6.07 Å². The third kappa shape index (κ3) is 2.74. The standard InChI is InChI=1S/C14H18N2O4/c1-14(2)7-3-4-12(14)15-13(18)9-5-6-10(16(19)20)11(17)8-9/h5-6,8,12,17H,3-4,7H2,1-2H3,(H,15,18). The number of carbonyl (C=O) groups is 1. The van der Waals surface area contributed by atoms with Crippen molar-refractivity contribution in [2.45, 2.75) is 39.2 Å². The molecule has 108 valence electrons. The molecular formula is C14H18N2O4. The van der Waals surface area contributed by atoms with Gasteiger partial charge in [0, 0.05) is 17.7 Å². The molecule has 1 aliphatic rings. The van der Waals surface area contributed by atoms with Gasteiger partial charge in [-0.2, -0.15) is 0 Å². The van der Waals surface area contributed by atoms with Crippen molar-refractivity contribution in [2.24, 2.45) is 5.41 Å². The van der Waals surface area contributed by atoms with Crippen LogP contribution in [0.3, 0.4) is 0 Å². The van der Waals surface area contributed by atoms with Gasteiger partial charge in [0.15, 0.2) is 5.75 Å². The molecule has 0 radical (unpaired) electrons. The molecule has 0 aromatic heterocycles. The van der Waals surface area contributed by atoms with Crippen LogP contribution in [0.2, 0.25) is 0 Å². The normalized spacial score (nSPS) is 20.6. The molecule has 6 nitrogen and oxygen atoms in total. The topological polar surface area (TPSA) is 92.5 Å². The van der Waals surface area contributed by atoms with E-state index in [0.717, 1.165) is 31.4 Å². The third-order valence-corrected chi connectivity index (χ3v) is 4.00. The summed E-state index contributed by atoms with van der Waals surface area (Å²) < 4.78 is 0. The molecule has 1 aromatic carbocycles. The number of nitrogens with one attached hydrogen (secondary N) is 1. The number of phenolic OH excluding ortho intramolecular Hbond substituents is 1. The van der Waals surface area contributed by atoms with Gasteiger partial charge in [0.2, 0.25) is 0 Å². The molecule has 1 unspecified atom stereocenters. The Balaban J connectivity index is 2.14. The summed E-state index contributed by atoms with van der Waals surface area (Å²) in [5.41, 5.74) is -0.114. The summed E-state index contributed by atoms with van der Waals surface area (Å²) in [6.07, 6.45) is 3.06. The summed E-state index contributed by atoms with van der Waals surface area (Å²) in [5, 5.41) is 23.1. The van der Waals surface area contributed by atoms with E-state index < -0.39 is 16.4 Å². The maximum Gasteiger partial charge on any atom is 0.310 e. The van der Waals surface area contributed by atoms with Crippen LogP contribution in [0.5, 0.6) is 5.75 Å². The summed E-state index contributed by atoms with van der Waals surface area (Å²) in [6, 6.07) is 3.72. The van der Waals surface area contributed by atoms with Gasteiger partial charge >= 0.3 is 5.69 Å². The van der Waals surface area contributed by atoms with E-state index in [2.05, 4.69) is 19.2 Å². The number of aromatic hydroxyl groups is 1. The maximum absolute atomic E-state index is 12.1. The molecule has 0 bridgehead atoms. The number of nitrogens with zero attached hydrogens (tertiary/aromatic N) is 1. The number of rotatable bonds is 3. The molecule has 2 N–H and O–H groups in total. The molecule has 20 heavy (non-hydrogen) atoms. The van der Waals surface area contributed by atoms with Gasteiger partial charge in [-0.05, 0) is 30.4 Å². The molecule has 1 amide bonds. The van der Waals surface area contributed by atoms with E-state index in [1.54, 1.807) is 0 Å². The van der Waals surface area contributed by atoms with Gasteiger partial charge in [-0.15, -0.1) is 0 Å². The second-order valence-electron chi connectivity index (χ2n) is 5.87. The van der Waals surface area contributed by atoms with Crippen molar-refractivity contribution >= 4 is 11.6 Å². The average molecular weight is 278 g/mol. The van der Waals surface area contributed by atoms with E-state index in [1.807, 2.05) is 0 Å². The Morgan fingerprint density at radius 3 is 2.70 bits per heavy atom. The highest BCUT2D eigenvalue weighted by Crippen LogP contribution is 2.37. The first-order valence-corrected chi connectivity index (χ1v) is 6.59. The Hall–Kier alpha value is -2.11. The molecule has 0 saturated heterocycles. The second-order valence-corrected chi connectivity index (χ2v) is 5.87. The van der Waals surface area contributed by atoms with Gasteiger partial charge in [0.1, 0.15) is 0 Å². The van der Waals surface area contributed by atoms with Gasteiger partial charge < -0.3 is 10.4 Å². The largest absolute Gasteiger partial charge is 0.502 e. The fourth-order valence-electron chi connectivity index (χ4n) is 2.65. The van der Waals surface area contributed by atoms with E-state index >= 15 is 0 Å². The number of phenols is 1. The van der Waals surface area contributed by atoms with Crippen LogP contribution in [0.15, 0.2) is 18.2 Å². The molecule has 0 spiro atoms. The number of hydrogen-bond donors (Lipinski definition) is 2. The predicted octanol–water partition coefficient (Wildman–Crippen LogP) is 2.61. The maximum atomic E-state index is 12.1. The summed E-state index contributed by atoms with van der Waals surface area (Å²) in [5.74, 6) is -0.802. The molecule has 1 fully saturated rings. The molecule has 1 atom stereocenters. The van der Waals surface area contributed by atoms with Crippen molar-refractivity contribution in [1.82, 2.24) is 5.32 Å².